The van der Waals surface area contributed by atoms with Crippen molar-refractivity contribution in [2.45, 2.75) is 37.1 Å². The second-order valence-corrected chi connectivity index (χ2v) is 6.37. The third kappa shape index (κ3) is 3.55. The van der Waals surface area contributed by atoms with Crippen LogP contribution in [0.3, 0.4) is 0 Å². The van der Waals surface area contributed by atoms with E-state index in [4.69, 9.17) is 7.80 Å². The molecule has 106 valence electrons. The molecule has 3 atom stereocenters. The van der Waals surface area contributed by atoms with Crippen molar-refractivity contribution in [3.63, 3.8) is 0 Å². The van der Waals surface area contributed by atoms with Crippen molar-refractivity contribution in [1.29, 1.82) is 0 Å². The number of halogens is 1. The Hall–Kier alpha value is -0.410. The minimum absolute atomic E-state index is 0.224. The third-order valence-corrected chi connectivity index (χ3v) is 5.08. The van der Waals surface area contributed by atoms with Gasteiger partial charge >= 0.3 is 118 Å². The van der Waals surface area contributed by atoms with E-state index in [1.54, 1.807) is 18.7 Å². The molecule has 0 bridgehead atoms. The van der Waals surface area contributed by atoms with Crippen molar-refractivity contribution in [1.82, 2.24) is 9.80 Å². The van der Waals surface area contributed by atoms with E-state index in [-0.39, 0.29) is 28.3 Å². The van der Waals surface area contributed by atoms with Gasteiger partial charge in [-0.1, -0.05) is 0 Å². The molecule has 0 spiro atoms. The summed E-state index contributed by atoms with van der Waals surface area (Å²) >= 11 is -0.929. The first-order valence-corrected chi connectivity index (χ1v) is 7.98. The molecule has 1 rings (SSSR count). The Balaban J connectivity index is 2.65. The van der Waals surface area contributed by atoms with E-state index in [0.717, 1.165) is 0 Å². The van der Waals surface area contributed by atoms with E-state index >= 15 is 0 Å². The van der Waals surface area contributed by atoms with Gasteiger partial charge in [-0.05, 0) is 0 Å². The summed E-state index contributed by atoms with van der Waals surface area (Å²) in [5.74, 6) is -0.508. The van der Waals surface area contributed by atoms with E-state index in [0.29, 0.717) is 6.54 Å². The average Bonchev–Trinajstić information content (AvgIpc) is 2.33. The topological polar surface area (TPSA) is 59.1 Å². The van der Waals surface area contributed by atoms with Crippen LogP contribution < -0.4 is 21.6 Å². The van der Waals surface area contributed by atoms with Crippen LogP contribution in [0.2, 0.25) is 0 Å². The van der Waals surface area contributed by atoms with Gasteiger partial charge in [-0.25, -0.2) is 0 Å². The van der Waals surface area contributed by atoms with Gasteiger partial charge in [-0.3, -0.25) is 0 Å². The summed E-state index contributed by atoms with van der Waals surface area (Å²) < 4.78 is 10.2. The predicted octanol–water partition coefficient (Wildman–Crippen LogP) is -2.97. The summed E-state index contributed by atoms with van der Waals surface area (Å²) in [6.45, 7) is 6.15. The molecule has 18 heavy (non-hydrogen) atoms. The quantitative estimate of drug-likeness (QED) is 0.228. The summed E-state index contributed by atoms with van der Waals surface area (Å²) in [6.07, 6.45) is 0. The number of rotatable bonds is 4. The fraction of sp³-hybridized carbons (Fsp3) is 0.818. The molecule has 0 radical (unpaired) electrons. The number of nitrogens with zero attached hydrogens (tertiary/aromatic N) is 2. The summed E-state index contributed by atoms with van der Waals surface area (Å²) in [5.41, 5.74) is 0. The molecule has 7 heteroatoms. The number of carbonyl (C=O) groups is 2. The second kappa shape index (κ2) is 6.67. The first kappa shape index (κ1) is 15.6. The second-order valence-electron chi connectivity index (χ2n) is 4.36. The van der Waals surface area contributed by atoms with Crippen LogP contribution in [0.4, 0.5) is 0 Å². The van der Waals surface area contributed by atoms with E-state index in [1.165, 1.54) is 0 Å². The maximum absolute atomic E-state index is 11.9. The Bertz CT molecular complexity index is 324. The van der Waals surface area contributed by atoms with Crippen LogP contribution in [0.15, 0.2) is 0 Å². The molecule has 1 saturated heterocycles. The van der Waals surface area contributed by atoms with E-state index in [1.807, 2.05) is 25.9 Å². The number of hydrogen-bond acceptors (Lipinski definition) is 6. The number of esters is 1. The zero-order chi connectivity index (χ0) is 13.9. The Morgan fingerprint density at radius 2 is 2.22 bits per heavy atom. The van der Waals surface area contributed by atoms with Gasteiger partial charge in [0, 0.05) is 0 Å². The van der Waals surface area contributed by atoms with Crippen molar-refractivity contribution in [3.05, 3.63) is 0 Å². The van der Waals surface area contributed by atoms with Gasteiger partial charge in [0.05, 0.1) is 0 Å². The molecule has 0 saturated carbocycles. The Labute approximate surface area is 118 Å². The molecule has 0 aliphatic carbocycles. The van der Waals surface area contributed by atoms with Gasteiger partial charge in [0.2, 0.25) is 0 Å². The van der Waals surface area contributed by atoms with E-state index in [2.05, 4.69) is 0 Å². The summed E-state index contributed by atoms with van der Waals surface area (Å²) in [4.78, 5) is 27.0. The number of likely N-dealkylation sites (N-methyl/N-ethyl adjacent to an activating group) is 2. The summed E-state index contributed by atoms with van der Waals surface area (Å²) in [7, 11) is 3.64. The van der Waals surface area contributed by atoms with Gasteiger partial charge in [0.15, 0.2) is 0 Å². The molecular formula is C11H20IN2O4-. The van der Waals surface area contributed by atoms with Crippen LogP contribution in [0, 0.1) is 0 Å². The molecule has 1 heterocycles. The standard InChI is InChI=1S/C11H20IN2O4/c1-6-14-8(3)10(16)18-12-11(14)17-9(15)7(2)13(4)5/h7-8,11H,6H2,1-5H3/q-1. The normalized spacial score (nSPS) is 27.3. The molecule has 3 unspecified atom stereocenters. The van der Waals surface area contributed by atoms with Crippen LogP contribution in [0.1, 0.15) is 20.8 Å². The van der Waals surface area contributed by atoms with Gasteiger partial charge in [0.25, 0.3) is 0 Å². The SMILES string of the molecule is CCN1C(OC(=O)C(C)N(C)C)[I-]OC(=O)C1C. The Morgan fingerprint density at radius 3 is 2.72 bits per heavy atom. The molecule has 0 aromatic heterocycles. The summed E-state index contributed by atoms with van der Waals surface area (Å²) in [6, 6.07) is -0.656. The van der Waals surface area contributed by atoms with Crippen molar-refractivity contribution in [2.24, 2.45) is 0 Å². The zero-order valence-corrected chi connectivity index (χ0v) is 13.5. The van der Waals surface area contributed by atoms with Crippen LogP contribution in [-0.4, -0.2) is 58.7 Å². The van der Waals surface area contributed by atoms with E-state index < -0.39 is 21.6 Å². The van der Waals surface area contributed by atoms with Crippen molar-refractivity contribution >= 4 is 11.9 Å². The number of ether oxygens (including phenoxy) is 1. The Morgan fingerprint density at radius 1 is 1.61 bits per heavy atom. The van der Waals surface area contributed by atoms with Crippen LogP contribution in [-0.2, 0) is 17.4 Å². The third-order valence-electron chi connectivity index (χ3n) is 2.99. The number of hydrogen-bond donors (Lipinski definition) is 0. The van der Waals surface area contributed by atoms with Crippen molar-refractivity contribution in [3.8, 4) is 0 Å². The zero-order valence-electron chi connectivity index (χ0n) is 11.3. The molecular weight excluding hydrogens is 351 g/mol. The fourth-order valence-corrected chi connectivity index (χ4v) is 3.78. The minimum atomic E-state index is -0.929. The monoisotopic (exact) mass is 371 g/mol. The van der Waals surface area contributed by atoms with Gasteiger partial charge in [-0.15, -0.1) is 0 Å². The Kier molecular flexibility index (Phi) is 5.80. The molecule has 1 aliphatic rings. The molecule has 1 aliphatic heterocycles. The van der Waals surface area contributed by atoms with Crippen molar-refractivity contribution in [2.75, 3.05) is 20.6 Å². The van der Waals surface area contributed by atoms with E-state index in [9.17, 15) is 9.59 Å². The molecule has 0 amide bonds. The molecule has 0 N–H and O–H groups in total. The molecule has 0 aromatic carbocycles. The predicted molar refractivity (Wildman–Crippen MR) is 61.0 cm³/mol. The molecule has 6 nitrogen and oxygen atoms in total. The number of alkyl halides is 1. The fourth-order valence-electron chi connectivity index (χ4n) is 1.42. The maximum atomic E-state index is 11.9. The molecule has 1 fully saturated rings. The first-order chi connectivity index (χ1) is 8.38. The number of carbonyl (C=O) groups excluding carboxylic acids is 2. The summed E-state index contributed by atoms with van der Waals surface area (Å²) in [5, 5.41) is 0. The van der Waals surface area contributed by atoms with Crippen LogP contribution in [0.25, 0.3) is 0 Å². The van der Waals surface area contributed by atoms with Crippen LogP contribution >= 0.6 is 0 Å². The van der Waals surface area contributed by atoms with Crippen molar-refractivity contribution < 1.29 is 39.0 Å². The molecule has 0 aromatic rings. The van der Waals surface area contributed by atoms with Crippen LogP contribution in [0.5, 0.6) is 0 Å². The average molecular weight is 371 g/mol. The first-order valence-electron chi connectivity index (χ1n) is 5.85. The van der Waals surface area contributed by atoms with Gasteiger partial charge < -0.3 is 0 Å². The van der Waals surface area contributed by atoms with Gasteiger partial charge in [-0.2, -0.15) is 0 Å². The van der Waals surface area contributed by atoms with Gasteiger partial charge in [0.1, 0.15) is 0 Å².